The number of hydrogen-bond acceptors (Lipinski definition) is 9. The van der Waals surface area contributed by atoms with Crippen LogP contribution in [0.25, 0.3) is 195 Å². The van der Waals surface area contributed by atoms with Gasteiger partial charge in [0.15, 0.2) is 5.58 Å². The van der Waals surface area contributed by atoms with Crippen molar-refractivity contribution in [1.82, 2.24) is 19.5 Å². The average Bonchev–Trinajstić information content (AvgIpc) is 1.58. The fourth-order valence-electron chi connectivity index (χ4n) is 21.3. The molecule has 672 valence electrons. The van der Waals surface area contributed by atoms with Crippen molar-refractivity contribution in [3.05, 3.63) is 496 Å². The van der Waals surface area contributed by atoms with E-state index in [0.29, 0.717) is 5.69 Å². The van der Waals surface area contributed by atoms with E-state index in [1.807, 2.05) is 84.7 Å². The van der Waals surface area contributed by atoms with Crippen molar-refractivity contribution in [2.45, 2.75) is 42.9 Å². The molecule has 17 aromatic carbocycles. The van der Waals surface area contributed by atoms with Gasteiger partial charge in [0, 0.05) is 99.0 Å². The number of para-hydroxylation sites is 5. The van der Waals surface area contributed by atoms with Gasteiger partial charge in [0.2, 0.25) is 5.69 Å². The number of ether oxygens (including phenoxy) is 1. The Labute approximate surface area is 828 Å². The lowest BCUT2D eigenvalue weighted by atomic mass is 9.85. The molecular weight excluding hydrogens is 1750 g/mol. The van der Waals surface area contributed by atoms with Crippen molar-refractivity contribution in [2.24, 2.45) is 0 Å². The first-order valence-corrected chi connectivity index (χ1v) is 48.7. The molecule has 0 saturated heterocycles. The predicted octanol–water partition coefficient (Wildman–Crippen LogP) is 36.6. The first kappa shape index (κ1) is 85.5. The third-order valence-electron chi connectivity index (χ3n) is 28.2. The van der Waals surface area contributed by atoms with E-state index in [1.165, 1.54) is 110 Å². The molecule has 0 atom stereocenters. The van der Waals surface area contributed by atoms with Crippen molar-refractivity contribution in [2.75, 3.05) is 9.80 Å². The Balaban J connectivity index is 0.000000100. The zero-order chi connectivity index (χ0) is 95.0. The summed E-state index contributed by atoms with van der Waals surface area (Å²) in [6, 6.07) is 151. The summed E-state index contributed by atoms with van der Waals surface area (Å²) in [5.74, 6) is 1.73. The Morgan fingerprint density at radius 3 is 1.54 bits per heavy atom. The van der Waals surface area contributed by atoms with Crippen LogP contribution in [0.2, 0.25) is 0 Å². The highest BCUT2D eigenvalue weighted by molar-refractivity contribution is 7.99. The van der Waals surface area contributed by atoms with Gasteiger partial charge in [-0.15, -0.1) is 0 Å². The van der Waals surface area contributed by atoms with Crippen LogP contribution in [-0.4, -0.2) is 19.5 Å². The summed E-state index contributed by atoms with van der Waals surface area (Å²) in [6.07, 6.45) is 11.9. The predicted molar refractivity (Wildman–Crippen MR) is 585 cm³/mol. The minimum Gasteiger partial charge on any atom is -0.464 e. The summed E-state index contributed by atoms with van der Waals surface area (Å²) in [4.78, 5) is 25.6. The molecule has 0 radical (unpaired) electrons. The van der Waals surface area contributed by atoms with Gasteiger partial charge in [-0.25, -0.2) is 9.83 Å². The SMILES string of the molecule is CC1(C)C=Cc2c1ccc1c2Sc2c(cccc2-c2ccc(-c3ccccc3)nc2-c2ccccc2)-c2ccccc2-1.[C-]#[N+]c1ccccc1-n1c(C)c(C)c2c3c(ccc21)-c1ccccc1-c1ccccc1O3.c1ccc(-c2ccc(N3c4ccccc4-c4ccccc4-c4ccc5ccoc5c43)cn2)nc1.c1ccc(-c2cccc(N3c4ccccc4-c4ccccc4-c4ccc5occc5c43)c2)cc1. The van der Waals surface area contributed by atoms with Gasteiger partial charge < -0.3 is 27.9 Å². The van der Waals surface area contributed by atoms with Crippen molar-refractivity contribution in [3.63, 3.8) is 0 Å². The molecule has 23 aromatic rings. The molecule has 5 aliphatic rings. The average molecular weight is 1840 g/mol. The molecule has 0 N–H and O–H groups in total. The third-order valence-corrected chi connectivity index (χ3v) is 29.5. The minimum absolute atomic E-state index is 0.0246. The van der Waals surface area contributed by atoms with Crippen LogP contribution in [0.3, 0.4) is 0 Å². The van der Waals surface area contributed by atoms with Gasteiger partial charge in [0.1, 0.15) is 17.1 Å². The molecule has 0 saturated carbocycles. The number of benzene rings is 17. The summed E-state index contributed by atoms with van der Waals surface area (Å²) in [7, 11) is 0. The van der Waals surface area contributed by atoms with Crippen molar-refractivity contribution in [3.8, 4) is 162 Å². The standard InChI is InChI=1S/C40H29NS.C32H21NO.C30H19N3O.C29H20N2O/c1-40(2)25-24-34-35(40)22-20-33-29-17-10-9-16-28(29)31-18-11-19-32(38(31)42-39(33)34)30-21-23-36(26-12-5-3-6-13-26)41-37(30)27-14-7-4-8-15-27;1-2-9-22(10-3-1)23-11-8-12-24(21-23)33-30-16-7-6-15-27(30)25-13-4-5-14-26(25)28-17-18-31-29(32(28)33)19-20-34-31;1-2-8-23-22(7-1)24-9-3-4-11-28(24)33(29-25(23)14-12-20-16-18-34-30(20)29)21-13-15-27(32-19-21)26-10-5-6-17-31-26;1-18-19(2)31(25-14-8-7-13-24(25)30-3)26-17-16-23-21-11-5-4-10-20(21)22-12-6-9-15-27(22)32-29(23)28(18)26/h3-25H,1-2H3;1-21H;1-19H;4-17H,1-2H3. The van der Waals surface area contributed by atoms with Gasteiger partial charge in [0.25, 0.3) is 0 Å². The number of nitrogens with zero attached hydrogens (tertiary/aromatic N) is 7. The second kappa shape index (κ2) is 35.7. The van der Waals surface area contributed by atoms with Crippen LogP contribution in [0.15, 0.2) is 480 Å². The minimum atomic E-state index is 0.0246. The number of fused-ring (bicyclic) bond motifs is 28. The zero-order valence-electron chi connectivity index (χ0n) is 78.2. The van der Waals surface area contributed by atoms with E-state index in [0.717, 1.165) is 152 Å². The van der Waals surface area contributed by atoms with Gasteiger partial charge in [-0.05, 0) is 212 Å². The van der Waals surface area contributed by atoms with Crippen LogP contribution in [0.4, 0.5) is 39.8 Å². The first-order valence-electron chi connectivity index (χ1n) is 47.9. The normalized spacial score (nSPS) is 12.5. The topological polar surface area (TPSA) is 89.9 Å². The number of hydrogen-bond donors (Lipinski definition) is 0. The lowest BCUT2D eigenvalue weighted by Gasteiger charge is -2.28. The van der Waals surface area contributed by atoms with Gasteiger partial charge in [-0.3, -0.25) is 9.97 Å². The quantitative estimate of drug-likeness (QED) is 0.138. The van der Waals surface area contributed by atoms with E-state index in [4.69, 9.17) is 30.1 Å². The van der Waals surface area contributed by atoms with Crippen LogP contribution < -0.4 is 14.5 Å². The second-order valence-electron chi connectivity index (χ2n) is 36.7. The highest BCUT2D eigenvalue weighted by atomic mass is 32.2. The number of aryl methyl sites for hydroxylation is 1. The molecule has 0 unspecified atom stereocenters. The molecule has 28 rings (SSSR count). The van der Waals surface area contributed by atoms with E-state index >= 15 is 0 Å². The Morgan fingerprint density at radius 1 is 0.359 bits per heavy atom. The Hall–Kier alpha value is -18.2. The van der Waals surface area contributed by atoms with Crippen molar-refractivity contribution < 1.29 is 13.6 Å². The van der Waals surface area contributed by atoms with Crippen LogP contribution in [0.5, 0.6) is 11.5 Å². The molecule has 0 spiro atoms. The fourth-order valence-corrected chi connectivity index (χ4v) is 22.7. The zero-order valence-corrected chi connectivity index (χ0v) is 79.0. The summed E-state index contributed by atoms with van der Waals surface area (Å²) < 4.78 is 20.8. The molecular formula is C131H89N7O3S. The van der Waals surface area contributed by atoms with E-state index in [1.54, 1.807) is 18.7 Å². The highest BCUT2D eigenvalue weighted by Crippen LogP contribution is 2.60. The number of aromatic nitrogens is 4. The van der Waals surface area contributed by atoms with Gasteiger partial charge in [0.05, 0.1) is 87.7 Å². The number of anilines is 6. The lowest BCUT2D eigenvalue weighted by molar-refractivity contribution is 0.493. The number of allylic oxidation sites excluding steroid dienone is 1. The van der Waals surface area contributed by atoms with Crippen LogP contribution in [0, 0.1) is 20.4 Å². The Kier molecular flexibility index (Phi) is 21.5. The maximum Gasteiger partial charge on any atom is 0.210 e. The third kappa shape index (κ3) is 14.8. The first-order chi connectivity index (χ1) is 70.0. The van der Waals surface area contributed by atoms with Crippen molar-refractivity contribution >= 4 is 90.5 Å². The van der Waals surface area contributed by atoms with E-state index in [9.17, 15) is 0 Å². The van der Waals surface area contributed by atoms with Gasteiger partial charge >= 0.3 is 0 Å². The molecule has 10 heterocycles. The van der Waals surface area contributed by atoms with Crippen LogP contribution >= 0.6 is 11.8 Å². The molecule has 6 aromatic heterocycles. The van der Waals surface area contributed by atoms with E-state index in [-0.39, 0.29) is 5.41 Å². The molecule has 0 bridgehead atoms. The van der Waals surface area contributed by atoms with Crippen LogP contribution in [-0.2, 0) is 5.41 Å². The molecule has 0 fully saturated rings. The Morgan fingerprint density at radius 2 is 0.866 bits per heavy atom. The smallest absolute Gasteiger partial charge is 0.210 e. The molecule has 10 nitrogen and oxygen atoms in total. The molecule has 1 aliphatic carbocycles. The molecule has 11 heteroatoms. The van der Waals surface area contributed by atoms with Crippen molar-refractivity contribution in [1.29, 1.82) is 0 Å². The molecule has 4 aliphatic heterocycles. The monoisotopic (exact) mass is 1840 g/mol. The number of rotatable bonds is 8. The maximum atomic E-state index is 7.65. The van der Waals surface area contributed by atoms with Crippen LogP contribution in [0.1, 0.15) is 36.2 Å². The van der Waals surface area contributed by atoms with Gasteiger partial charge in [-0.1, -0.05) is 359 Å². The summed E-state index contributed by atoms with van der Waals surface area (Å²) >= 11 is 1.91. The Bertz CT molecular complexity index is 9000. The molecule has 142 heavy (non-hydrogen) atoms. The number of pyridine rings is 3. The van der Waals surface area contributed by atoms with E-state index in [2.05, 4.69) is 428 Å². The van der Waals surface area contributed by atoms with E-state index < -0.39 is 0 Å². The number of furan rings is 2. The maximum absolute atomic E-state index is 7.65. The second-order valence-corrected chi connectivity index (χ2v) is 37.7. The summed E-state index contributed by atoms with van der Waals surface area (Å²) in [5.41, 5.74) is 45.8. The summed E-state index contributed by atoms with van der Waals surface area (Å²) in [5, 5.41) is 3.26. The highest BCUT2D eigenvalue weighted by Gasteiger charge is 2.36. The largest absolute Gasteiger partial charge is 0.464 e. The lowest BCUT2D eigenvalue weighted by Crippen LogP contribution is -2.11. The summed E-state index contributed by atoms with van der Waals surface area (Å²) in [6.45, 7) is 16.5. The van der Waals surface area contributed by atoms with Gasteiger partial charge in [-0.2, -0.15) is 0 Å². The fraction of sp³-hybridized carbons (Fsp3) is 0.0382. The molecule has 0 amide bonds.